The number of carbonyl (C=O) groups is 2. The number of hydrogen-bond acceptors (Lipinski definition) is 6. The normalized spacial score (nSPS) is 16.2. The second-order valence-electron chi connectivity index (χ2n) is 14.3. The highest BCUT2D eigenvalue weighted by Crippen LogP contribution is 2.65. The molecule has 45 heavy (non-hydrogen) atoms. The summed E-state index contributed by atoms with van der Waals surface area (Å²) < 4.78 is 19.8. The van der Waals surface area contributed by atoms with E-state index in [1.54, 1.807) is 24.3 Å². The Morgan fingerprint density at radius 1 is 1.00 bits per heavy atom. The number of hydrogen-bond donors (Lipinski definition) is 4. The third kappa shape index (κ3) is 5.43. The van der Waals surface area contributed by atoms with E-state index in [1.807, 2.05) is 18.2 Å². The van der Waals surface area contributed by atoms with Gasteiger partial charge in [0.05, 0.1) is 72.5 Å². The van der Waals surface area contributed by atoms with Crippen molar-refractivity contribution in [1.82, 2.24) is 15.6 Å². The third-order valence-electron chi connectivity index (χ3n) is 9.42. The molecule has 3 heterocycles. The van der Waals surface area contributed by atoms with Crippen molar-refractivity contribution in [2.24, 2.45) is 0 Å². The molecule has 2 aromatic carbocycles. The molecule has 1 aliphatic rings. The Bertz CT molecular complexity index is 1760. The van der Waals surface area contributed by atoms with Crippen LogP contribution >= 0.6 is 0 Å². The van der Waals surface area contributed by atoms with Crippen molar-refractivity contribution in [1.29, 1.82) is 0 Å². The van der Waals surface area contributed by atoms with Gasteiger partial charge in [-0.3, -0.25) is 9.59 Å². The maximum Gasteiger partial charge on any atom is 0.255 e. The molecule has 0 unspecified atom stereocenters. The quantitative estimate of drug-likeness (QED) is 0.150. The van der Waals surface area contributed by atoms with E-state index in [-0.39, 0.29) is 57.3 Å². The molecule has 5 rings (SSSR count). The minimum atomic E-state index is -0.454. The van der Waals surface area contributed by atoms with E-state index in [1.165, 1.54) is 19.2 Å². The number of halogens is 1. The number of nitrogens with zero attached hydrogens (tertiary/aromatic N) is 1. The van der Waals surface area contributed by atoms with E-state index >= 15 is 0 Å². The summed E-state index contributed by atoms with van der Waals surface area (Å²) >= 11 is 0. The molecule has 4 aromatic rings. The Hall–Kier alpha value is -3.72. The van der Waals surface area contributed by atoms with Crippen LogP contribution in [0.15, 0.2) is 59.0 Å². The summed E-state index contributed by atoms with van der Waals surface area (Å²) in [5.41, 5.74) is 2.34. The van der Waals surface area contributed by atoms with Gasteiger partial charge in [-0.05, 0) is 53.6 Å². The molecule has 0 bridgehead atoms. The zero-order chi connectivity index (χ0) is 32.9. The fourth-order valence-electron chi connectivity index (χ4n) is 8.51. The SMILES string of the molecule is BC(B)(B)C1(NC(=O)c2cccc(-c3cc4c(C(=O)NC)c(-c5ccc(F)cc5)oc4nc3NCCO)c2)C(B)(B)BC1(B)B. The highest BCUT2D eigenvalue weighted by molar-refractivity contribution is 6.88. The van der Waals surface area contributed by atoms with Crippen LogP contribution in [0.2, 0.25) is 15.3 Å². The van der Waals surface area contributed by atoms with Crippen molar-refractivity contribution >= 4 is 90.9 Å². The van der Waals surface area contributed by atoms with Gasteiger partial charge in [0.2, 0.25) is 5.71 Å². The highest BCUT2D eigenvalue weighted by atomic mass is 19.1. The van der Waals surface area contributed by atoms with Crippen LogP contribution in [0, 0.1) is 5.82 Å². The van der Waals surface area contributed by atoms with E-state index in [2.05, 4.69) is 70.9 Å². The first kappa shape index (κ1) is 32.7. The molecule has 0 radical (unpaired) electrons. The number of benzene rings is 2. The summed E-state index contributed by atoms with van der Waals surface area (Å²) in [5, 5.41) is 18.9. The molecule has 1 saturated heterocycles. The molecule has 222 valence electrons. The molecule has 1 fully saturated rings. The maximum absolute atomic E-state index is 14.0. The van der Waals surface area contributed by atoms with Gasteiger partial charge in [-0.25, -0.2) is 4.39 Å². The van der Waals surface area contributed by atoms with Crippen LogP contribution in [0.3, 0.4) is 0 Å². The number of aliphatic hydroxyl groups is 1. The lowest BCUT2D eigenvalue weighted by atomic mass is 8.95. The van der Waals surface area contributed by atoms with Gasteiger partial charge in [0, 0.05) is 30.3 Å². The first-order valence-corrected chi connectivity index (χ1v) is 15.3. The molecule has 0 aliphatic carbocycles. The number of aliphatic hydroxyl groups excluding tert-OH is 1. The Labute approximate surface area is 270 Å². The molecule has 4 N–H and O–H groups in total. The number of nitrogens with one attached hydrogen (secondary N) is 3. The van der Waals surface area contributed by atoms with Gasteiger partial charge in [0.15, 0.2) is 0 Å². The molecule has 1 aliphatic heterocycles. The van der Waals surface area contributed by atoms with Crippen molar-refractivity contribution in [3.8, 4) is 22.5 Å². The van der Waals surface area contributed by atoms with Gasteiger partial charge < -0.3 is 25.5 Å². The Morgan fingerprint density at radius 2 is 1.67 bits per heavy atom. The second kappa shape index (κ2) is 11.6. The van der Waals surface area contributed by atoms with Crippen molar-refractivity contribution in [3.05, 3.63) is 71.5 Å². The minimum absolute atomic E-state index is 0.113. The fourth-order valence-corrected chi connectivity index (χ4v) is 8.51. The van der Waals surface area contributed by atoms with E-state index in [4.69, 9.17) is 9.40 Å². The van der Waals surface area contributed by atoms with Gasteiger partial charge in [-0.15, -0.1) is 0 Å². The summed E-state index contributed by atoms with van der Waals surface area (Å²) in [4.78, 5) is 31.9. The maximum atomic E-state index is 14.0. The topological polar surface area (TPSA) is 116 Å². The minimum Gasteiger partial charge on any atom is -0.437 e. The van der Waals surface area contributed by atoms with Gasteiger partial charge in [0.1, 0.15) is 24.7 Å². The van der Waals surface area contributed by atoms with Crippen molar-refractivity contribution in [3.63, 3.8) is 0 Å². The standard InChI is InChI=1S/C28H35B8FN4O4/c1-38-23(44)19-18-12-17(21(39-9-10-42)40-24(18)45-20(19)13-5-7-16(37)8-6-13)14-3-2-4-15(11-14)22(43)41-25(26(29,30)31)27(32,33)36-28(25,34)35/h2-8,11-12,36,42H,9-10,29-35H2,1H3,(H,38,44)(H,39,40)(H,41,43). The molecule has 8 nitrogen and oxygen atoms in total. The van der Waals surface area contributed by atoms with E-state index in [9.17, 15) is 19.1 Å². The van der Waals surface area contributed by atoms with Crippen LogP contribution in [0.25, 0.3) is 33.6 Å². The largest absolute Gasteiger partial charge is 0.437 e. The fraction of sp³-hybridized carbons (Fsp3) is 0.250. The van der Waals surface area contributed by atoms with Gasteiger partial charge >= 0.3 is 0 Å². The summed E-state index contributed by atoms with van der Waals surface area (Å²) in [6, 6.07) is 14.8. The molecule has 0 atom stereocenters. The van der Waals surface area contributed by atoms with E-state index in [0.717, 1.165) is 7.28 Å². The lowest BCUT2D eigenvalue weighted by Crippen LogP contribution is -2.82. The van der Waals surface area contributed by atoms with Crippen molar-refractivity contribution < 1.29 is 23.5 Å². The van der Waals surface area contributed by atoms with Crippen LogP contribution in [0.4, 0.5) is 10.2 Å². The predicted octanol–water partition coefficient (Wildman–Crippen LogP) is -3.36. The summed E-state index contributed by atoms with van der Waals surface area (Å²) in [7, 11) is 17.9. The molecule has 2 aromatic heterocycles. The smallest absolute Gasteiger partial charge is 0.255 e. The number of amides is 2. The number of furan rings is 1. The van der Waals surface area contributed by atoms with Gasteiger partial charge in [-0.1, -0.05) is 27.5 Å². The molecular formula is C28H35B8FN4O4. The van der Waals surface area contributed by atoms with Crippen LogP contribution < -0.4 is 16.0 Å². The average molecular weight is 597 g/mol. The van der Waals surface area contributed by atoms with Crippen LogP contribution in [-0.4, -0.2) is 110 Å². The number of fused-ring (bicyclic) bond motifs is 1. The van der Waals surface area contributed by atoms with Gasteiger partial charge in [0.25, 0.3) is 11.8 Å². The summed E-state index contributed by atoms with van der Waals surface area (Å²) in [5.74, 6) is -0.283. The zero-order valence-electron chi connectivity index (χ0n) is 27.3. The van der Waals surface area contributed by atoms with Crippen molar-refractivity contribution in [2.45, 2.75) is 20.9 Å². The molecule has 17 heteroatoms. The first-order valence-electron chi connectivity index (χ1n) is 15.3. The Balaban J connectivity index is 1.64. The highest BCUT2D eigenvalue weighted by Gasteiger charge is 2.68. The lowest BCUT2D eigenvalue weighted by Gasteiger charge is -2.74. The Morgan fingerprint density at radius 3 is 2.24 bits per heavy atom. The predicted molar refractivity (Wildman–Crippen MR) is 199 cm³/mol. The number of aromatic nitrogens is 1. The third-order valence-corrected chi connectivity index (χ3v) is 9.42. The first-order chi connectivity index (χ1) is 21.1. The molecule has 0 spiro atoms. The average Bonchev–Trinajstić information content (AvgIpc) is 3.35. The summed E-state index contributed by atoms with van der Waals surface area (Å²) in [6.45, 7) is 0.0856. The molecular weight excluding hydrogens is 562 g/mol. The van der Waals surface area contributed by atoms with Gasteiger partial charge in [-0.2, -0.15) is 4.98 Å². The van der Waals surface area contributed by atoms with E-state index < -0.39 is 11.4 Å². The van der Waals surface area contributed by atoms with Crippen LogP contribution in [0.1, 0.15) is 20.7 Å². The number of anilines is 1. The number of carbonyl (C=O) groups excluding carboxylic acids is 2. The Kier molecular flexibility index (Phi) is 8.40. The number of rotatable bonds is 9. The molecule has 0 saturated carbocycles. The van der Waals surface area contributed by atoms with E-state index in [0.29, 0.717) is 33.5 Å². The molecule has 2 amide bonds. The summed E-state index contributed by atoms with van der Waals surface area (Å²) in [6.07, 6.45) is 0. The monoisotopic (exact) mass is 598 g/mol. The van der Waals surface area contributed by atoms with Crippen molar-refractivity contribution in [2.75, 3.05) is 25.5 Å². The van der Waals surface area contributed by atoms with Crippen LogP contribution in [-0.2, 0) is 0 Å². The second-order valence-corrected chi connectivity index (χ2v) is 14.3. The zero-order valence-corrected chi connectivity index (χ0v) is 27.3. The number of pyridine rings is 1. The lowest BCUT2D eigenvalue weighted by molar-refractivity contribution is 0.0881. The van der Waals surface area contributed by atoms with Crippen LogP contribution in [0.5, 0.6) is 0 Å².